The van der Waals surface area contributed by atoms with Crippen LogP contribution in [0.25, 0.3) is 0 Å². The number of nitrogens with one attached hydrogen (secondary N) is 2. The fraction of sp³-hybridized carbons (Fsp3) is 0.593. The van der Waals surface area contributed by atoms with Crippen molar-refractivity contribution in [1.29, 1.82) is 0 Å². The van der Waals surface area contributed by atoms with Crippen molar-refractivity contribution in [2.45, 2.75) is 59.1 Å². The number of pyridine rings is 1. The molecule has 4 rings (SSSR count). The van der Waals surface area contributed by atoms with E-state index in [0.29, 0.717) is 36.7 Å². The van der Waals surface area contributed by atoms with E-state index in [1.54, 1.807) is 24.2 Å². The zero-order chi connectivity index (χ0) is 27.9. The topological polar surface area (TPSA) is 72.9 Å². The van der Waals surface area contributed by atoms with E-state index in [1.807, 2.05) is 24.8 Å². The first kappa shape index (κ1) is 30.0. The molecule has 0 saturated carbocycles. The number of alkyl halides is 3. The Kier molecular flexibility index (Phi) is 10.2. The lowest BCUT2D eigenvalue weighted by molar-refractivity contribution is -0.184. The summed E-state index contributed by atoms with van der Waals surface area (Å²) in [6.45, 7) is 12.3. The molecule has 0 radical (unpaired) electrons. The number of anilines is 2. The van der Waals surface area contributed by atoms with Crippen LogP contribution in [0.1, 0.15) is 52.9 Å². The SMILES string of the molecule is C=C(/C(Cl)=C\N=C(C)Nc1cncc(N2CCC3(CCNCC3)C2=O)c1)N1CCC[C@@H](C(F)(F)F)C1.CC. The van der Waals surface area contributed by atoms with Gasteiger partial charge in [0.25, 0.3) is 0 Å². The molecule has 0 bridgehead atoms. The van der Waals surface area contributed by atoms with Crippen LogP contribution in [0.15, 0.2) is 47.0 Å². The molecule has 210 valence electrons. The minimum atomic E-state index is -4.23. The Bertz CT molecular complexity index is 1050. The van der Waals surface area contributed by atoms with Gasteiger partial charge >= 0.3 is 6.18 Å². The van der Waals surface area contributed by atoms with Crippen molar-refractivity contribution in [2.75, 3.05) is 42.9 Å². The average molecular weight is 555 g/mol. The van der Waals surface area contributed by atoms with Crippen LogP contribution in [0.4, 0.5) is 24.5 Å². The molecule has 1 aromatic heterocycles. The number of likely N-dealkylation sites (tertiary alicyclic amines) is 1. The number of rotatable bonds is 5. The van der Waals surface area contributed by atoms with Gasteiger partial charge < -0.3 is 20.4 Å². The summed E-state index contributed by atoms with van der Waals surface area (Å²) >= 11 is 6.31. The van der Waals surface area contributed by atoms with E-state index in [2.05, 4.69) is 27.2 Å². The number of hydrogen-bond acceptors (Lipinski definition) is 5. The van der Waals surface area contributed by atoms with Gasteiger partial charge in [0.2, 0.25) is 5.91 Å². The predicted molar refractivity (Wildman–Crippen MR) is 147 cm³/mol. The molecule has 1 aromatic rings. The minimum absolute atomic E-state index is 0.115. The molecule has 11 heteroatoms. The lowest BCUT2D eigenvalue weighted by atomic mass is 9.78. The number of aromatic nitrogens is 1. The predicted octanol–water partition coefficient (Wildman–Crippen LogP) is 5.91. The van der Waals surface area contributed by atoms with Crippen LogP contribution in [0.3, 0.4) is 0 Å². The van der Waals surface area contributed by atoms with Gasteiger partial charge in [-0.3, -0.25) is 9.78 Å². The third-order valence-corrected chi connectivity index (χ3v) is 7.66. The van der Waals surface area contributed by atoms with E-state index in [-0.39, 0.29) is 29.3 Å². The lowest BCUT2D eigenvalue weighted by Gasteiger charge is -2.36. The Balaban J connectivity index is 0.00000195. The number of amides is 1. The van der Waals surface area contributed by atoms with Crippen LogP contribution in [0.2, 0.25) is 0 Å². The minimum Gasteiger partial charge on any atom is -0.370 e. The van der Waals surface area contributed by atoms with E-state index in [9.17, 15) is 18.0 Å². The highest BCUT2D eigenvalue weighted by Crippen LogP contribution is 2.42. The zero-order valence-corrected chi connectivity index (χ0v) is 23.1. The molecule has 0 aliphatic carbocycles. The Morgan fingerprint density at radius 2 is 1.97 bits per heavy atom. The maximum atomic E-state index is 13.2. The van der Waals surface area contributed by atoms with Crippen molar-refractivity contribution in [3.05, 3.63) is 42.0 Å². The van der Waals surface area contributed by atoms with Gasteiger partial charge in [0.1, 0.15) is 5.84 Å². The smallest absolute Gasteiger partial charge is 0.370 e. The molecule has 3 saturated heterocycles. The van der Waals surface area contributed by atoms with Crippen molar-refractivity contribution in [3.8, 4) is 0 Å². The quantitative estimate of drug-likeness (QED) is 0.269. The summed E-state index contributed by atoms with van der Waals surface area (Å²) in [5.74, 6) is -0.715. The van der Waals surface area contributed by atoms with Gasteiger partial charge in [0.15, 0.2) is 0 Å². The van der Waals surface area contributed by atoms with Crippen LogP contribution in [-0.4, -0.2) is 60.5 Å². The Morgan fingerprint density at radius 1 is 1.26 bits per heavy atom. The maximum absolute atomic E-state index is 13.2. The summed E-state index contributed by atoms with van der Waals surface area (Å²) in [5, 5.41) is 6.64. The molecule has 38 heavy (non-hydrogen) atoms. The number of piperidine rings is 2. The first-order valence-corrected chi connectivity index (χ1v) is 13.6. The molecule has 1 atom stereocenters. The molecular weight excluding hydrogens is 517 g/mol. The second-order valence-electron chi connectivity index (χ2n) is 9.76. The molecule has 1 spiro atoms. The summed E-state index contributed by atoms with van der Waals surface area (Å²) in [5.41, 5.74) is 1.45. The molecular formula is C27H38ClF3N6O. The number of halogens is 4. The van der Waals surface area contributed by atoms with E-state index in [1.165, 1.54) is 6.20 Å². The van der Waals surface area contributed by atoms with Gasteiger partial charge in [-0.15, -0.1) is 0 Å². The van der Waals surface area contributed by atoms with Crippen LogP contribution in [0, 0.1) is 11.3 Å². The van der Waals surface area contributed by atoms with Crippen molar-refractivity contribution >= 4 is 34.7 Å². The summed E-state index contributed by atoms with van der Waals surface area (Å²) in [4.78, 5) is 25.1. The van der Waals surface area contributed by atoms with Gasteiger partial charge in [0.05, 0.1) is 40.1 Å². The third kappa shape index (κ3) is 7.08. The summed E-state index contributed by atoms with van der Waals surface area (Å²) in [7, 11) is 0. The number of hydrogen-bond donors (Lipinski definition) is 2. The largest absolute Gasteiger partial charge is 0.393 e. The highest BCUT2D eigenvalue weighted by atomic mass is 35.5. The number of nitrogens with zero attached hydrogens (tertiary/aromatic N) is 4. The summed E-state index contributed by atoms with van der Waals surface area (Å²) in [6, 6.07) is 1.86. The fourth-order valence-electron chi connectivity index (χ4n) is 5.19. The molecule has 4 heterocycles. The first-order valence-electron chi connectivity index (χ1n) is 13.2. The second-order valence-corrected chi connectivity index (χ2v) is 10.2. The molecule has 0 aromatic carbocycles. The van der Waals surface area contributed by atoms with Gasteiger partial charge in [-0.25, -0.2) is 4.99 Å². The number of amidine groups is 1. The standard InChI is InChI=1S/C25H32ClF3N6O.C2H6/c1-17(34-10-3-4-19(16-34)25(27,28)29)22(26)15-32-18(2)33-20-12-21(14-31-13-20)35-11-7-24(23(35)36)5-8-30-9-6-24;1-2/h12-15,19,30H,1,3-11,16H2,2H3,(H,32,33);1-2H3/b22-15+;/t19-;/m1./s1. The van der Waals surface area contributed by atoms with Gasteiger partial charge in [-0.05, 0) is 58.2 Å². The van der Waals surface area contributed by atoms with Crippen molar-refractivity contribution in [2.24, 2.45) is 16.3 Å². The van der Waals surface area contributed by atoms with E-state index < -0.39 is 12.1 Å². The number of aliphatic imine (C=N–C) groups is 1. The normalized spacial score (nSPS) is 22.3. The Morgan fingerprint density at radius 3 is 2.66 bits per heavy atom. The molecule has 1 amide bonds. The van der Waals surface area contributed by atoms with Gasteiger partial charge in [0, 0.05) is 31.5 Å². The van der Waals surface area contributed by atoms with E-state index >= 15 is 0 Å². The molecule has 0 unspecified atom stereocenters. The number of allylic oxidation sites excluding steroid dienone is 1. The van der Waals surface area contributed by atoms with Crippen LogP contribution < -0.4 is 15.5 Å². The molecule has 2 N–H and O–H groups in total. The van der Waals surface area contributed by atoms with Crippen LogP contribution >= 0.6 is 11.6 Å². The number of carbonyl (C=O) groups excluding carboxylic acids is 1. The van der Waals surface area contributed by atoms with Crippen molar-refractivity contribution < 1.29 is 18.0 Å². The second kappa shape index (κ2) is 13.0. The highest BCUT2D eigenvalue weighted by Gasteiger charge is 2.47. The average Bonchev–Trinajstić information content (AvgIpc) is 3.23. The van der Waals surface area contributed by atoms with E-state index in [0.717, 1.165) is 38.0 Å². The monoisotopic (exact) mass is 554 g/mol. The Labute approximate surface area is 228 Å². The summed E-state index contributed by atoms with van der Waals surface area (Å²) < 4.78 is 39.4. The Hall–Kier alpha value is -2.59. The zero-order valence-electron chi connectivity index (χ0n) is 22.4. The van der Waals surface area contributed by atoms with Crippen molar-refractivity contribution in [1.82, 2.24) is 15.2 Å². The fourth-order valence-corrected chi connectivity index (χ4v) is 5.36. The van der Waals surface area contributed by atoms with Gasteiger partial charge in [-0.2, -0.15) is 13.2 Å². The lowest BCUT2D eigenvalue weighted by Crippen LogP contribution is -2.42. The van der Waals surface area contributed by atoms with Gasteiger partial charge in [-0.1, -0.05) is 32.0 Å². The molecule has 3 fully saturated rings. The van der Waals surface area contributed by atoms with Crippen LogP contribution in [0.5, 0.6) is 0 Å². The molecule has 7 nitrogen and oxygen atoms in total. The van der Waals surface area contributed by atoms with Crippen molar-refractivity contribution in [3.63, 3.8) is 0 Å². The summed E-state index contributed by atoms with van der Waals surface area (Å²) in [6.07, 6.45) is 3.57. The maximum Gasteiger partial charge on any atom is 0.393 e. The number of carbonyl (C=O) groups is 1. The molecule has 3 aliphatic heterocycles. The van der Waals surface area contributed by atoms with Crippen LogP contribution in [-0.2, 0) is 4.79 Å². The first-order chi connectivity index (χ1) is 18.1. The third-order valence-electron chi connectivity index (χ3n) is 7.35. The molecule has 3 aliphatic rings. The van der Waals surface area contributed by atoms with E-state index in [4.69, 9.17) is 11.6 Å². The highest BCUT2D eigenvalue weighted by molar-refractivity contribution is 6.31.